The highest BCUT2D eigenvalue weighted by molar-refractivity contribution is 6.43. The van der Waals surface area contributed by atoms with Crippen LogP contribution in [0.2, 0.25) is 0 Å². The topological polar surface area (TPSA) is 191 Å². The molecule has 14 heteroatoms. The highest BCUT2D eigenvalue weighted by Gasteiger charge is 2.20. The zero-order chi connectivity index (χ0) is 36.5. The molecule has 0 saturated heterocycles. The Labute approximate surface area is 285 Å². The van der Waals surface area contributed by atoms with Gasteiger partial charge >= 0.3 is 23.9 Å². The highest BCUT2D eigenvalue weighted by atomic mass is 16.7. The molecule has 258 valence electrons. The van der Waals surface area contributed by atoms with Crippen molar-refractivity contribution in [3.63, 3.8) is 0 Å². The molecule has 0 aliphatic heterocycles. The van der Waals surface area contributed by atoms with E-state index in [0.29, 0.717) is 11.3 Å². The summed E-state index contributed by atoms with van der Waals surface area (Å²) in [6.07, 6.45) is 3.77. The lowest BCUT2D eigenvalue weighted by Gasteiger charge is -2.13. The van der Waals surface area contributed by atoms with Crippen LogP contribution in [0.25, 0.3) is 0 Å². The van der Waals surface area contributed by atoms with Gasteiger partial charge in [0.1, 0.15) is 11.5 Å². The lowest BCUT2D eigenvalue weighted by Crippen LogP contribution is -2.16. The van der Waals surface area contributed by atoms with Crippen LogP contribution in [0.15, 0.2) is 98.6 Å². The van der Waals surface area contributed by atoms with Gasteiger partial charge in [-0.05, 0) is 66.6 Å². The Morgan fingerprint density at radius 1 is 0.620 bits per heavy atom. The summed E-state index contributed by atoms with van der Waals surface area (Å²) in [6, 6.07) is 14.3. The molecule has 3 aromatic rings. The van der Waals surface area contributed by atoms with Crippen molar-refractivity contribution >= 4 is 41.7 Å². The molecular formula is C36H31NO13. The van der Waals surface area contributed by atoms with Crippen molar-refractivity contribution in [3.05, 3.63) is 121 Å². The Morgan fingerprint density at radius 2 is 1.16 bits per heavy atom. The first-order valence-corrected chi connectivity index (χ1v) is 14.5. The number of hydrogen-bond donors (Lipinski definition) is 1. The quantitative estimate of drug-likeness (QED) is 0.0256. The standard InChI is InChI=1S/C36H31NO13/c1-4-32(39)47-20-44-27-12-9-24(10-13-27)36(43)50-29-15-8-23(17-26(29)19-37)7-14-28(38)35(42)25-11-16-30(45-21-48-33(40)5-2)31(18-25)46-22-49-34(41)6-3/h4-6,8-13,15-19,37H,1-3,7,14,20-22H2. The maximum atomic E-state index is 13.0. The molecule has 3 aromatic carbocycles. The summed E-state index contributed by atoms with van der Waals surface area (Å²) in [4.78, 5) is 72.4. The van der Waals surface area contributed by atoms with E-state index >= 15 is 0 Å². The highest BCUT2D eigenvalue weighted by Crippen LogP contribution is 2.29. The molecule has 0 aromatic heterocycles. The monoisotopic (exact) mass is 685 g/mol. The molecule has 0 fully saturated rings. The second-order valence-electron chi connectivity index (χ2n) is 9.63. The van der Waals surface area contributed by atoms with Crippen LogP contribution in [-0.2, 0) is 39.8 Å². The third-order valence-electron chi connectivity index (χ3n) is 6.38. The number of nitrogens with one attached hydrogen (secondary N) is 1. The number of esters is 4. The molecule has 0 amide bonds. The molecule has 0 spiro atoms. The fourth-order valence-electron chi connectivity index (χ4n) is 3.85. The van der Waals surface area contributed by atoms with E-state index in [4.69, 9.17) is 38.6 Å². The molecule has 0 saturated carbocycles. The minimum Gasteiger partial charge on any atom is -0.457 e. The summed E-state index contributed by atoms with van der Waals surface area (Å²) >= 11 is 0. The van der Waals surface area contributed by atoms with Crippen molar-refractivity contribution in [2.45, 2.75) is 12.8 Å². The molecule has 0 aliphatic rings. The van der Waals surface area contributed by atoms with Gasteiger partial charge < -0.3 is 38.6 Å². The van der Waals surface area contributed by atoms with Crippen LogP contribution < -0.4 is 18.9 Å². The van der Waals surface area contributed by atoms with Gasteiger partial charge in [-0.1, -0.05) is 25.8 Å². The summed E-state index contributed by atoms with van der Waals surface area (Å²) in [7, 11) is 0. The maximum absolute atomic E-state index is 13.0. The van der Waals surface area contributed by atoms with Gasteiger partial charge in [0.05, 0.1) is 5.56 Å². The van der Waals surface area contributed by atoms with Gasteiger partial charge in [0, 0.05) is 42.0 Å². The van der Waals surface area contributed by atoms with Gasteiger partial charge in [-0.2, -0.15) is 0 Å². The van der Waals surface area contributed by atoms with E-state index in [1.54, 1.807) is 12.1 Å². The Morgan fingerprint density at radius 3 is 1.74 bits per heavy atom. The van der Waals surface area contributed by atoms with Crippen molar-refractivity contribution in [3.8, 4) is 23.0 Å². The van der Waals surface area contributed by atoms with E-state index in [0.717, 1.165) is 24.4 Å². The number of aryl methyl sites for hydroxylation is 1. The molecule has 50 heavy (non-hydrogen) atoms. The SMILES string of the molecule is C=CC(=O)OCOc1ccc(C(=O)Oc2ccc(CCC(=O)C(=O)c3ccc(OCOC(=O)C=C)c(OCOC(=O)C=C)c3)cc2C=N)cc1. The summed E-state index contributed by atoms with van der Waals surface area (Å²) in [5.41, 5.74) is 0.987. The molecule has 0 aliphatic carbocycles. The van der Waals surface area contributed by atoms with Crippen LogP contribution in [0.1, 0.15) is 38.3 Å². The van der Waals surface area contributed by atoms with Crippen molar-refractivity contribution in [1.29, 1.82) is 5.41 Å². The number of benzene rings is 3. The van der Waals surface area contributed by atoms with Crippen LogP contribution in [-0.4, -0.2) is 62.0 Å². The normalized spacial score (nSPS) is 10.0. The summed E-state index contributed by atoms with van der Waals surface area (Å²) in [5, 5.41) is 7.78. The molecule has 0 radical (unpaired) electrons. The van der Waals surface area contributed by atoms with Crippen LogP contribution in [0.3, 0.4) is 0 Å². The number of ether oxygens (including phenoxy) is 7. The minimum absolute atomic E-state index is 0.0234. The third kappa shape index (κ3) is 11.5. The molecule has 0 unspecified atom stereocenters. The first-order valence-electron chi connectivity index (χ1n) is 14.5. The fraction of sp³-hybridized carbons (Fsp3) is 0.139. The van der Waals surface area contributed by atoms with E-state index in [9.17, 15) is 28.8 Å². The van der Waals surface area contributed by atoms with Crippen LogP contribution >= 0.6 is 0 Å². The van der Waals surface area contributed by atoms with Gasteiger partial charge in [-0.3, -0.25) is 9.59 Å². The first-order chi connectivity index (χ1) is 24.1. The second kappa shape index (κ2) is 19.1. The minimum atomic E-state index is -0.838. The summed E-state index contributed by atoms with van der Waals surface area (Å²) in [5.74, 6) is -4.05. The average molecular weight is 686 g/mol. The molecule has 14 nitrogen and oxygen atoms in total. The number of hydrogen-bond acceptors (Lipinski definition) is 14. The Kier molecular flexibility index (Phi) is 14.4. The predicted molar refractivity (Wildman–Crippen MR) is 175 cm³/mol. The smallest absolute Gasteiger partial charge is 0.343 e. The van der Waals surface area contributed by atoms with Crippen molar-refractivity contribution in [1.82, 2.24) is 0 Å². The van der Waals surface area contributed by atoms with Crippen LogP contribution in [0.5, 0.6) is 23.0 Å². The van der Waals surface area contributed by atoms with E-state index in [1.807, 2.05) is 0 Å². The van der Waals surface area contributed by atoms with E-state index in [2.05, 4.69) is 19.7 Å². The zero-order valence-electron chi connectivity index (χ0n) is 26.5. The van der Waals surface area contributed by atoms with Crippen LogP contribution in [0, 0.1) is 5.41 Å². The van der Waals surface area contributed by atoms with Gasteiger partial charge in [0.2, 0.25) is 31.9 Å². The van der Waals surface area contributed by atoms with E-state index in [1.165, 1.54) is 48.5 Å². The number of Topliss-reactive ketones (excluding diaryl/α,β-unsaturated/α-hetero) is 2. The van der Waals surface area contributed by atoms with Crippen molar-refractivity contribution in [2.24, 2.45) is 0 Å². The summed E-state index contributed by atoms with van der Waals surface area (Å²) < 4.78 is 35.8. The molecule has 3 rings (SSSR count). The molecule has 0 heterocycles. The van der Waals surface area contributed by atoms with Crippen molar-refractivity contribution in [2.75, 3.05) is 20.4 Å². The Balaban J connectivity index is 1.62. The van der Waals surface area contributed by atoms with Gasteiger partial charge in [-0.15, -0.1) is 0 Å². The Bertz CT molecular complexity index is 1790. The number of carbonyl (C=O) groups is 6. The first kappa shape index (κ1) is 37.6. The van der Waals surface area contributed by atoms with Crippen LogP contribution in [0.4, 0.5) is 0 Å². The fourth-order valence-corrected chi connectivity index (χ4v) is 3.85. The molecule has 1 N–H and O–H groups in total. The summed E-state index contributed by atoms with van der Waals surface area (Å²) in [6.45, 7) is 8.40. The van der Waals surface area contributed by atoms with Gasteiger partial charge in [0.25, 0.3) is 0 Å². The zero-order valence-corrected chi connectivity index (χ0v) is 26.5. The molecule has 0 bridgehead atoms. The third-order valence-corrected chi connectivity index (χ3v) is 6.38. The molecule has 0 atom stereocenters. The average Bonchev–Trinajstić information content (AvgIpc) is 3.14. The molecular weight excluding hydrogens is 654 g/mol. The van der Waals surface area contributed by atoms with Gasteiger partial charge in [0.15, 0.2) is 11.5 Å². The van der Waals surface area contributed by atoms with E-state index in [-0.39, 0.29) is 53.6 Å². The number of rotatable bonds is 20. The number of ketones is 2. The van der Waals surface area contributed by atoms with E-state index < -0.39 is 49.0 Å². The maximum Gasteiger partial charge on any atom is 0.343 e. The van der Waals surface area contributed by atoms with Crippen molar-refractivity contribution < 1.29 is 61.9 Å². The number of carbonyl (C=O) groups excluding carboxylic acids is 6. The lowest BCUT2D eigenvalue weighted by molar-refractivity contribution is -0.146. The second-order valence-corrected chi connectivity index (χ2v) is 9.63. The van der Waals surface area contributed by atoms with Gasteiger partial charge in [-0.25, -0.2) is 19.2 Å². The lowest BCUT2D eigenvalue weighted by atomic mass is 10.00. The predicted octanol–water partition coefficient (Wildman–Crippen LogP) is 4.48. The largest absolute Gasteiger partial charge is 0.457 e. The Hall–Kier alpha value is -6.83.